The number of ether oxygens (including phenoxy) is 1. The molecular weight excluding hydrogens is 392 g/mol. The zero-order valence-corrected chi connectivity index (χ0v) is 16.9. The van der Waals surface area contributed by atoms with Crippen molar-refractivity contribution in [1.29, 1.82) is 0 Å². The molecule has 0 saturated carbocycles. The maximum absolute atomic E-state index is 13.2. The Morgan fingerprint density at radius 3 is 2.90 bits per heavy atom. The maximum atomic E-state index is 13.2. The normalized spacial score (nSPS) is 21.3. The standard InChI is InChI=1S/C21H24N4O3.ClH/c26-20(19-7-3-11-28-19)24-17-6-1-4-15(12-17)21(27)25-10-9-23-14-18(25)16-5-2-8-22-13-16;/h1-2,4-6,8,12-13,18-19,23H,3,7,9-11,14H2,(H,24,26);1H. The van der Waals surface area contributed by atoms with E-state index in [1.807, 2.05) is 17.0 Å². The van der Waals surface area contributed by atoms with Crippen LogP contribution in [-0.2, 0) is 9.53 Å². The summed E-state index contributed by atoms with van der Waals surface area (Å²) in [5.74, 6) is -0.207. The highest BCUT2D eigenvalue weighted by molar-refractivity contribution is 5.98. The summed E-state index contributed by atoms with van der Waals surface area (Å²) in [6.07, 6.45) is 4.76. The summed E-state index contributed by atoms with van der Waals surface area (Å²) in [6.45, 7) is 2.67. The van der Waals surface area contributed by atoms with Crippen molar-refractivity contribution < 1.29 is 14.3 Å². The topological polar surface area (TPSA) is 83.6 Å². The molecule has 4 rings (SSSR count). The van der Waals surface area contributed by atoms with Crippen molar-refractivity contribution in [2.24, 2.45) is 0 Å². The van der Waals surface area contributed by atoms with E-state index >= 15 is 0 Å². The van der Waals surface area contributed by atoms with E-state index in [0.717, 1.165) is 24.9 Å². The minimum absolute atomic E-state index is 0. The van der Waals surface area contributed by atoms with Crippen LogP contribution < -0.4 is 10.6 Å². The predicted molar refractivity (Wildman–Crippen MR) is 112 cm³/mol. The van der Waals surface area contributed by atoms with Gasteiger partial charge in [-0.1, -0.05) is 12.1 Å². The Morgan fingerprint density at radius 1 is 1.24 bits per heavy atom. The van der Waals surface area contributed by atoms with Crippen LogP contribution >= 0.6 is 12.4 Å². The summed E-state index contributed by atoms with van der Waals surface area (Å²) in [6, 6.07) is 10.9. The molecule has 2 aliphatic heterocycles. The van der Waals surface area contributed by atoms with Gasteiger partial charge >= 0.3 is 0 Å². The van der Waals surface area contributed by atoms with Crippen LogP contribution in [0.3, 0.4) is 0 Å². The van der Waals surface area contributed by atoms with Gasteiger partial charge in [0.05, 0.1) is 6.04 Å². The molecule has 3 heterocycles. The third kappa shape index (κ3) is 4.93. The summed E-state index contributed by atoms with van der Waals surface area (Å²) in [5, 5.41) is 6.21. The van der Waals surface area contributed by atoms with Crippen molar-refractivity contribution >= 4 is 29.9 Å². The number of carbonyl (C=O) groups excluding carboxylic acids is 2. The number of rotatable bonds is 4. The lowest BCUT2D eigenvalue weighted by atomic mass is 10.0. The van der Waals surface area contributed by atoms with Crippen LogP contribution in [0, 0.1) is 0 Å². The van der Waals surface area contributed by atoms with Crippen molar-refractivity contribution in [3.8, 4) is 0 Å². The first-order valence-corrected chi connectivity index (χ1v) is 9.66. The molecule has 0 aliphatic carbocycles. The molecule has 2 aliphatic rings. The molecule has 7 nitrogen and oxygen atoms in total. The molecule has 8 heteroatoms. The van der Waals surface area contributed by atoms with Crippen LogP contribution in [0.1, 0.15) is 34.8 Å². The number of pyridine rings is 1. The van der Waals surface area contributed by atoms with Gasteiger partial charge in [0.2, 0.25) is 0 Å². The fourth-order valence-electron chi connectivity index (χ4n) is 3.72. The van der Waals surface area contributed by atoms with Gasteiger partial charge in [-0.15, -0.1) is 12.4 Å². The summed E-state index contributed by atoms with van der Waals surface area (Å²) < 4.78 is 5.42. The van der Waals surface area contributed by atoms with E-state index in [1.165, 1.54) is 0 Å². The second-order valence-electron chi connectivity index (χ2n) is 7.08. The lowest BCUT2D eigenvalue weighted by Gasteiger charge is -2.36. The van der Waals surface area contributed by atoms with E-state index < -0.39 is 6.10 Å². The fraction of sp³-hybridized carbons (Fsp3) is 0.381. The fourth-order valence-corrected chi connectivity index (χ4v) is 3.72. The number of hydrogen-bond acceptors (Lipinski definition) is 5. The van der Waals surface area contributed by atoms with Crippen molar-refractivity contribution in [2.45, 2.75) is 25.0 Å². The lowest BCUT2D eigenvalue weighted by Crippen LogP contribution is -2.48. The SMILES string of the molecule is Cl.O=C(Nc1cccc(C(=O)N2CCNCC2c2cccnc2)c1)C1CCCO1. The van der Waals surface area contributed by atoms with E-state index in [2.05, 4.69) is 15.6 Å². The van der Waals surface area contributed by atoms with Crippen LogP contribution in [0.4, 0.5) is 5.69 Å². The minimum atomic E-state index is -0.400. The number of anilines is 1. The van der Waals surface area contributed by atoms with Crippen molar-refractivity contribution in [3.63, 3.8) is 0 Å². The average molecular weight is 417 g/mol. The monoisotopic (exact) mass is 416 g/mol. The smallest absolute Gasteiger partial charge is 0.254 e. The van der Waals surface area contributed by atoms with Gasteiger partial charge in [0, 0.05) is 49.9 Å². The van der Waals surface area contributed by atoms with Gasteiger partial charge in [-0.05, 0) is 42.7 Å². The molecule has 2 N–H and O–H groups in total. The highest BCUT2D eigenvalue weighted by Gasteiger charge is 2.29. The molecule has 0 radical (unpaired) electrons. The number of benzene rings is 1. The Balaban J connectivity index is 0.00000240. The lowest BCUT2D eigenvalue weighted by molar-refractivity contribution is -0.124. The molecule has 0 spiro atoms. The van der Waals surface area contributed by atoms with Gasteiger partial charge < -0.3 is 20.3 Å². The zero-order valence-electron chi connectivity index (χ0n) is 16.0. The first-order valence-electron chi connectivity index (χ1n) is 9.66. The first kappa shape index (κ1) is 21.2. The Bertz CT molecular complexity index is 843. The molecular formula is C21H25ClN4O3. The number of hydrogen-bond donors (Lipinski definition) is 2. The number of nitrogens with zero attached hydrogens (tertiary/aromatic N) is 2. The molecule has 2 aromatic rings. The molecule has 2 atom stereocenters. The first-order chi connectivity index (χ1) is 13.7. The Labute approximate surface area is 176 Å². The third-order valence-corrected chi connectivity index (χ3v) is 5.17. The maximum Gasteiger partial charge on any atom is 0.254 e. The second kappa shape index (κ2) is 9.82. The Hall–Kier alpha value is -2.48. The number of aromatic nitrogens is 1. The van der Waals surface area contributed by atoms with E-state index in [9.17, 15) is 9.59 Å². The third-order valence-electron chi connectivity index (χ3n) is 5.17. The molecule has 2 fully saturated rings. The summed E-state index contributed by atoms with van der Waals surface area (Å²) in [4.78, 5) is 31.6. The number of nitrogens with one attached hydrogen (secondary N) is 2. The van der Waals surface area contributed by atoms with Crippen molar-refractivity contribution in [1.82, 2.24) is 15.2 Å². The van der Waals surface area contributed by atoms with Crippen molar-refractivity contribution in [2.75, 3.05) is 31.6 Å². The molecule has 154 valence electrons. The number of halogens is 1. The van der Waals surface area contributed by atoms with Gasteiger partial charge in [-0.2, -0.15) is 0 Å². The predicted octanol–water partition coefficient (Wildman–Crippen LogP) is 2.41. The van der Waals surface area contributed by atoms with E-state index in [-0.39, 0.29) is 30.3 Å². The molecule has 1 aromatic heterocycles. The van der Waals surface area contributed by atoms with Crippen LogP contribution in [0.15, 0.2) is 48.8 Å². The number of piperazine rings is 1. The summed E-state index contributed by atoms with van der Waals surface area (Å²) in [5.41, 5.74) is 2.17. The minimum Gasteiger partial charge on any atom is -0.368 e. The Kier molecular flexibility index (Phi) is 7.19. The van der Waals surface area contributed by atoms with Crippen LogP contribution in [0.25, 0.3) is 0 Å². The van der Waals surface area contributed by atoms with Gasteiger partial charge in [-0.25, -0.2) is 0 Å². The van der Waals surface area contributed by atoms with E-state index in [4.69, 9.17) is 4.74 Å². The quantitative estimate of drug-likeness (QED) is 0.799. The van der Waals surface area contributed by atoms with Gasteiger partial charge in [0.25, 0.3) is 11.8 Å². The second-order valence-corrected chi connectivity index (χ2v) is 7.08. The van der Waals surface area contributed by atoms with Gasteiger partial charge in [-0.3, -0.25) is 14.6 Å². The molecule has 2 saturated heterocycles. The van der Waals surface area contributed by atoms with Crippen LogP contribution in [-0.4, -0.2) is 54.0 Å². The molecule has 1 aromatic carbocycles. The molecule has 0 bridgehead atoms. The molecule has 29 heavy (non-hydrogen) atoms. The van der Waals surface area contributed by atoms with E-state index in [1.54, 1.807) is 36.7 Å². The molecule has 2 amide bonds. The van der Waals surface area contributed by atoms with Crippen molar-refractivity contribution in [3.05, 3.63) is 59.9 Å². The highest BCUT2D eigenvalue weighted by atomic mass is 35.5. The average Bonchev–Trinajstić information content (AvgIpc) is 3.29. The summed E-state index contributed by atoms with van der Waals surface area (Å²) in [7, 11) is 0. The highest BCUT2D eigenvalue weighted by Crippen LogP contribution is 2.24. The number of carbonyl (C=O) groups is 2. The van der Waals surface area contributed by atoms with E-state index in [0.29, 0.717) is 30.9 Å². The van der Waals surface area contributed by atoms with Gasteiger partial charge in [0.1, 0.15) is 6.10 Å². The molecule has 2 unspecified atom stereocenters. The Morgan fingerprint density at radius 2 is 2.14 bits per heavy atom. The zero-order chi connectivity index (χ0) is 19.3. The van der Waals surface area contributed by atoms with Crippen LogP contribution in [0.2, 0.25) is 0 Å². The van der Waals surface area contributed by atoms with Crippen LogP contribution in [0.5, 0.6) is 0 Å². The number of amides is 2. The largest absolute Gasteiger partial charge is 0.368 e. The van der Waals surface area contributed by atoms with Gasteiger partial charge in [0.15, 0.2) is 0 Å². The summed E-state index contributed by atoms with van der Waals surface area (Å²) >= 11 is 0.